The highest BCUT2D eigenvalue weighted by molar-refractivity contribution is 7.08. The summed E-state index contributed by atoms with van der Waals surface area (Å²) >= 11 is 1.59. The van der Waals surface area contributed by atoms with Crippen LogP contribution >= 0.6 is 11.3 Å². The van der Waals surface area contributed by atoms with Crippen molar-refractivity contribution in [1.29, 1.82) is 0 Å². The molecule has 4 rings (SSSR count). The molecule has 0 aliphatic carbocycles. The van der Waals surface area contributed by atoms with Gasteiger partial charge < -0.3 is 9.84 Å². The van der Waals surface area contributed by atoms with E-state index in [0.717, 1.165) is 17.7 Å². The van der Waals surface area contributed by atoms with Gasteiger partial charge in [-0.2, -0.15) is 16.3 Å². The smallest absolute Gasteiger partial charge is 0.258 e. The van der Waals surface area contributed by atoms with E-state index in [9.17, 15) is 4.79 Å². The van der Waals surface area contributed by atoms with E-state index in [0.29, 0.717) is 24.8 Å². The minimum Gasteiger partial charge on any atom is -0.353 e. The molecule has 1 aromatic carbocycles. The van der Waals surface area contributed by atoms with E-state index in [-0.39, 0.29) is 11.9 Å². The number of hydrogen-bond acceptors (Lipinski definition) is 6. The van der Waals surface area contributed by atoms with Crippen LogP contribution in [0, 0.1) is 0 Å². The predicted octanol–water partition coefficient (Wildman–Crippen LogP) is 2.47. The molecule has 1 aliphatic heterocycles. The first-order chi connectivity index (χ1) is 11.8. The molecule has 1 atom stereocenters. The van der Waals surface area contributed by atoms with Gasteiger partial charge in [0.05, 0.1) is 12.1 Å². The molecule has 7 heteroatoms. The predicted molar refractivity (Wildman–Crippen MR) is 90.2 cm³/mol. The van der Waals surface area contributed by atoms with Crippen molar-refractivity contribution in [1.82, 2.24) is 20.4 Å². The maximum Gasteiger partial charge on any atom is 0.258 e. The van der Waals surface area contributed by atoms with Crippen molar-refractivity contribution in [2.75, 3.05) is 13.1 Å². The number of nitrogens with zero attached hydrogens (tertiary/aromatic N) is 3. The number of hydrogen-bond donors (Lipinski definition) is 1. The summed E-state index contributed by atoms with van der Waals surface area (Å²) in [5, 5.41) is 10.9. The molecule has 1 saturated heterocycles. The average molecular weight is 340 g/mol. The molecule has 3 heterocycles. The van der Waals surface area contributed by atoms with Crippen molar-refractivity contribution in [3.63, 3.8) is 0 Å². The summed E-state index contributed by atoms with van der Waals surface area (Å²) in [7, 11) is 0. The molecule has 122 valence electrons. The fraction of sp³-hybridized carbons (Fsp3) is 0.235. The molecular weight excluding hydrogens is 324 g/mol. The number of nitrogens with one attached hydrogen (secondary N) is 1. The van der Waals surface area contributed by atoms with E-state index in [4.69, 9.17) is 4.52 Å². The van der Waals surface area contributed by atoms with E-state index in [2.05, 4.69) is 20.4 Å². The van der Waals surface area contributed by atoms with Crippen LogP contribution in [0.5, 0.6) is 0 Å². The van der Waals surface area contributed by atoms with Gasteiger partial charge in [-0.1, -0.05) is 35.5 Å². The van der Waals surface area contributed by atoms with Gasteiger partial charge >= 0.3 is 0 Å². The van der Waals surface area contributed by atoms with Gasteiger partial charge in [0.25, 0.3) is 5.89 Å². The zero-order chi connectivity index (χ0) is 16.4. The van der Waals surface area contributed by atoms with Gasteiger partial charge in [-0.05, 0) is 17.0 Å². The number of amides is 1. The fourth-order valence-corrected chi connectivity index (χ4v) is 3.52. The summed E-state index contributed by atoms with van der Waals surface area (Å²) in [6.07, 6.45) is 0. The largest absolute Gasteiger partial charge is 0.353 e. The lowest BCUT2D eigenvalue weighted by Gasteiger charge is -2.34. The Kier molecular flexibility index (Phi) is 4.10. The number of piperazine rings is 1. The molecule has 1 aliphatic rings. The number of thiophene rings is 1. The van der Waals surface area contributed by atoms with Crippen molar-refractivity contribution in [3.05, 3.63) is 58.5 Å². The number of benzene rings is 1. The molecule has 1 N–H and O–H groups in total. The van der Waals surface area contributed by atoms with Crippen LogP contribution < -0.4 is 5.32 Å². The Balaban J connectivity index is 1.57. The zero-order valence-corrected chi connectivity index (χ0v) is 13.7. The van der Waals surface area contributed by atoms with Gasteiger partial charge in [-0.15, -0.1) is 0 Å². The second kappa shape index (κ2) is 6.54. The van der Waals surface area contributed by atoms with Crippen LogP contribution in [-0.2, 0) is 11.3 Å². The van der Waals surface area contributed by atoms with E-state index in [1.807, 2.05) is 47.2 Å². The monoisotopic (exact) mass is 340 g/mol. The molecule has 24 heavy (non-hydrogen) atoms. The molecule has 0 bridgehead atoms. The van der Waals surface area contributed by atoms with Gasteiger partial charge in [-0.3, -0.25) is 9.69 Å². The Morgan fingerprint density at radius 2 is 2.17 bits per heavy atom. The van der Waals surface area contributed by atoms with E-state index < -0.39 is 0 Å². The molecular formula is C17H16N4O2S. The Bertz CT molecular complexity index is 816. The van der Waals surface area contributed by atoms with Crippen molar-refractivity contribution in [3.8, 4) is 11.5 Å². The lowest BCUT2D eigenvalue weighted by molar-refractivity contribution is -0.129. The maximum absolute atomic E-state index is 12.4. The number of aromatic nitrogens is 2. The Morgan fingerprint density at radius 1 is 1.29 bits per heavy atom. The van der Waals surface area contributed by atoms with Gasteiger partial charge in [-0.25, -0.2) is 0 Å². The standard InChI is InChI=1S/C17H16N4O2S/c22-16-15(12-4-2-1-3-5-12)21(8-7-18-16)10-14-19-17(23-20-14)13-6-9-24-11-13/h1-6,9,11,15H,7-8,10H2,(H,18,22)/t15-/m1/s1. The van der Waals surface area contributed by atoms with Gasteiger partial charge in [0, 0.05) is 18.5 Å². The summed E-state index contributed by atoms with van der Waals surface area (Å²) in [5.41, 5.74) is 1.89. The summed E-state index contributed by atoms with van der Waals surface area (Å²) < 4.78 is 5.34. The van der Waals surface area contributed by atoms with Crippen LogP contribution in [0.4, 0.5) is 0 Å². The average Bonchev–Trinajstić information content (AvgIpc) is 3.27. The van der Waals surface area contributed by atoms with Gasteiger partial charge in [0.1, 0.15) is 6.04 Å². The maximum atomic E-state index is 12.4. The van der Waals surface area contributed by atoms with Crippen LogP contribution in [0.3, 0.4) is 0 Å². The van der Waals surface area contributed by atoms with Crippen LogP contribution in [0.1, 0.15) is 17.4 Å². The first-order valence-electron chi connectivity index (χ1n) is 7.73. The van der Waals surface area contributed by atoms with Crippen molar-refractivity contribution >= 4 is 17.2 Å². The van der Waals surface area contributed by atoms with Crippen LogP contribution in [0.2, 0.25) is 0 Å². The highest BCUT2D eigenvalue weighted by Gasteiger charge is 2.31. The highest BCUT2D eigenvalue weighted by atomic mass is 32.1. The lowest BCUT2D eigenvalue weighted by atomic mass is 10.0. The summed E-state index contributed by atoms with van der Waals surface area (Å²) in [6, 6.07) is 11.4. The number of carbonyl (C=O) groups excluding carboxylic acids is 1. The minimum atomic E-state index is -0.331. The fourth-order valence-electron chi connectivity index (χ4n) is 2.89. The quantitative estimate of drug-likeness (QED) is 0.790. The van der Waals surface area contributed by atoms with E-state index >= 15 is 0 Å². The highest BCUT2D eigenvalue weighted by Crippen LogP contribution is 2.25. The third-order valence-corrected chi connectivity index (χ3v) is 4.69. The lowest BCUT2D eigenvalue weighted by Crippen LogP contribution is -2.49. The first-order valence-corrected chi connectivity index (χ1v) is 8.67. The van der Waals surface area contributed by atoms with Crippen LogP contribution in [0.15, 0.2) is 51.7 Å². The van der Waals surface area contributed by atoms with Crippen LogP contribution in [-0.4, -0.2) is 34.0 Å². The number of carbonyl (C=O) groups is 1. The summed E-state index contributed by atoms with van der Waals surface area (Å²) in [4.78, 5) is 18.9. The number of rotatable bonds is 4. The minimum absolute atomic E-state index is 0.00834. The molecule has 0 spiro atoms. The molecule has 2 aromatic heterocycles. The normalized spacial score (nSPS) is 18.5. The van der Waals surface area contributed by atoms with Gasteiger partial charge in [0.2, 0.25) is 5.91 Å². The second-order valence-electron chi connectivity index (χ2n) is 5.60. The molecule has 1 fully saturated rings. The van der Waals surface area contributed by atoms with Gasteiger partial charge in [0.15, 0.2) is 5.82 Å². The topological polar surface area (TPSA) is 71.3 Å². The third-order valence-electron chi connectivity index (χ3n) is 4.01. The van der Waals surface area contributed by atoms with Crippen LogP contribution in [0.25, 0.3) is 11.5 Å². The second-order valence-corrected chi connectivity index (χ2v) is 6.38. The summed E-state index contributed by atoms with van der Waals surface area (Å²) in [6.45, 7) is 1.84. The molecule has 0 saturated carbocycles. The van der Waals surface area contributed by atoms with Crippen molar-refractivity contribution < 1.29 is 9.32 Å². The molecule has 3 aromatic rings. The van der Waals surface area contributed by atoms with Crippen molar-refractivity contribution in [2.24, 2.45) is 0 Å². The summed E-state index contributed by atoms with van der Waals surface area (Å²) in [5.74, 6) is 1.12. The molecule has 0 unspecified atom stereocenters. The van der Waals surface area contributed by atoms with E-state index in [1.54, 1.807) is 11.3 Å². The molecule has 0 radical (unpaired) electrons. The third kappa shape index (κ3) is 2.95. The SMILES string of the molecule is O=C1NCCN(Cc2noc(-c3ccsc3)n2)[C@@H]1c1ccccc1. The Morgan fingerprint density at radius 3 is 2.96 bits per heavy atom. The Labute approximate surface area is 143 Å². The molecule has 1 amide bonds. The Hall–Kier alpha value is -2.51. The van der Waals surface area contributed by atoms with Crippen molar-refractivity contribution in [2.45, 2.75) is 12.6 Å². The molecule has 6 nitrogen and oxygen atoms in total. The first kappa shape index (κ1) is 15.0. The van der Waals surface area contributed by atoms with E-state index in [1.165, 1.54) is 0 Å². The zero-order valence-electron chi connectivity index (χ0n) is 12.9.